The average molecular weight is 460 g/mol. The molecule has 188 valence electrons. The average Bonchev–Trinajstić information content (AvgIpc) is 2.80. The maximum atomic E-state index is 10.8. The fourth-order valence-electron chi connectivity index (χ4n) is 3.90. The van der Waals surface area contributed by atoms with Crippen molar-refractivity contribution in [3.63, 3.8) is 0 Å². The van der Waals surface area contributed by atoms with Crippen LogP contribution in [-0.4, -0.2) is 36.3 Å². The van der Waals surface area contributed by atoms with E-state index in [0.717, 1.165) is 50.9 Å². The molecule has 4 nitrogen and oxygen atoms in total. The van der Waals surface area contributed by atoms with Crippen molar-refractivity contribution < 1.29 is 14.6 Å². The maximum absolute atomic E-state index is 10.8. The normalized spacial score (nSPS) is 11.0. The van der Waals surface area contributed by atoms with Crippen molar-refractivity contribution in [2.45, 2.75) is 97.4 Å². The van der Waals surface area contributed by atoms with Gasteiger partial charge < -0.3 is 14.6 Å². The lowest BCUT2D eigenvalue weighted by atomic mass is 10.1. The number of phenolic OH excluding ortho intramolecular Hbond substituents is 1. The molecule has 1 N–H and O–H groups in total. The van der Waals surface area contributed by atoms with Crippen LogP contribution in [0.25, 0.3) is 0 Å². The van der Waals surface area contributed by atoms with Crippen LogP contribution in [0, 0.1) is 0 Å². The lowest BCUT2D eigenvalue weighted by Gasteiger charge is -2.21. The number of benzene rings is 1. The van der Waals surface area contributed by atoms with Crippen LogP contribution in [0.3, 0.4) is 0 Å². The smallest absolute Gasteiger partial charge is 0.200 e. The summed E-state index contributed by atoms with van der Waals surface area (Å²) in [5.74, 6) is 1.17. The molecule has 0 saturated carbocycles. The molecule has 0 atom stereocenters. The minimum absolute atomic E-state index is 0.120. The number of phenols is 1. The molecule has 0 aliphatic rings. The quantitative estimate of drug-likeness (QED) is 0.141. The van der Waals surface area contributed by atoms with E-state index in [1.807, 2.05) is 24.3 Å². The van der Waals surface area contributed by atoms with Gasteiger partial charge in [0.1, 0.15) is 0 Å². The standard InChI is InChI=1S/C29H49NO3/c1-5-9-11-13-15-17-21-32-27-23-26(25-30(19-7-3)20-8-4)24-28(29(27)31)33-22-18-16-14-12-10-6-2/h7-8,23-24,31H,3-6,9-22,25H2,1-2H3. The topological polar surface area (TPSA) is 41.9 Å². The Morgan fingerprint density at radius 3 is 1.58 bits per heavy atom. The first kappa shape index (κ1) is 29.1. The summed E-state index contributed by atoms with van der Waals surface area (Å²) in [6.07, 6.45) is 18.3. The number of unbranched alkanes of at least 4 members (excludes halogenated alkanes) is 10. The monoisotopic (exact) mass is 459 g/mol. The molecule has 0 aliphatic carbocycles. The van der Waals surface area contributed by atoms with Crippen LogP contribution in [0.2, 0.25) is 0 Å². The second kappa shape index (κ2) is 19.5. The largest absolute Gasteiger partial charge is 0.502 e. The van der Waals surface area contributed by atoms with Crippen molar-refractivity contribution in [3.8, 4) is 17.2 Å². The van der Waals surface area contributed by atoms with E-state index in [2.05, 4.69) is 31.9 Å². The third-order valence-electron chi connectivity index (χ3n) is 5.79. The van der Waals surface area contributed by atoms with Gasteiger partial charge >= 0.3 is 0 Å². The number of rotatable bonds is 22. The minimum Gasteiger partial charge on any atom is -0.502 e. The van der Waals surface area contributed by atoms with Crippen LogP contribution in [0.4, 0.5) is 0 Å². The van der Waals surface area contributed by atoms with Gasteiger partial charge in [-0.3, -0.25) is 4.90 Å². The highest BCUT2D eigenvalue weighted by molar-refractivity contribution is 5.52. The lowest BCUT2D eigenvalue weighted by Crippen LogP contribution is -2.23. The van der Waals surface area contributed by atoms with Crippen molar-refractivity contribution >= 4 is 0 Å². The molecule has 33 heavy (non-hydrogen) atoms. The van der Waals surface area contributed by atoms with Crippen LogP contribution in [0.15, 0.2) is 37.4 Å². The predicted molar refractivity (Wildman–Crippen MR) is 142 cm³/mol. The van der Waals surface area contributed by atoms with Gasteiger partial charge in [-0.05, 0) is 30.5 Å². The van der Waals surface area contributed by atoms with Crippen LogP contribution >= 0.6 is 0 Å². The lowest BCUT2D eigenvalue weighted by molar-refractivity contribution is 0.262. The van der Waals surface area contributed by atoms with Gasteiger partial charge in [0, 0.05) is 19.6 Å². The van der Waals surface area contributed by atoms with E-state index in [1.165, 1.54) is 51.4 Å². The van der Waals surface area contributed by atoms with E-state index in [0.29, 0.717) is 24.7 Å². The van der Waals surface area contributed by atoms with Gasteiger partial charge in [0.2, 0.25) is 5.75 Å². The van der Waals surface area contributed by atoms with Crippen molar-refractivity contribution in [3.05, 3.63) is 43.0 Å². The zero-order chi connectivity index (χ0) is 24.2. The fourth-order valence-corrected chi connectivity index (χ4v) is 3.90. The zero-order valence-corrected chi connectivity index (χ0v) is 21.5. The summed E-state index contributed by atoms with van der Waals surface area (Å²) in [6, 6.07) is 3.90. The third kappa shape index (κ3) is 13.4. The summed E-state index contributed by atoms with van der Waals surface area (Å²) in [5, 5.41) is 10.8. The van der Waals surface area contributed by atoms with Crippen molar-refractivity contribution in [1.82, 2.24) is 4.90 Å². The van der Waals surface area contributed by atoms with Gasteiger partial charge in [0.05, 0.1) is 13.2 Å². The SMILES string of the molecule is C=CCN(CC=C)Cc1cc(OCCCCCCCC)c(O)c(OCCCCCCCC)c1. The van der Waals surface area contributed by atoms with Gasteiger partial charge in [0.15, 0.2) is 11.5 Å². The van der Waals surface area contributed by atoms with Crippen molar-refractivity contribution in [2.75, 3.05) is 26.3 Å². The number of hydrogen-bond donors (Lipinski definition) is 1. The van der Waals surface area contributed by atoms with E-state index in [1.54, 1.807) is 0 Å². The van der Waals surface area contributed by atoms with Gasteiger partial charge in [-0.15, -0.1) is 13.2 Å². The molecule has 0 amide bonds. The first-order valence-corrected chi connectivity index (χ1v) is 13.2. The predicted octanol–water partition coefficient (Wildman–Crippen LogP) is 8.04. The van der Waals surface area contributed by atoms with E-state index >= 15 is 0 Å². The van der Waals surface area contributed by atoms with E-state index in [4.69, 9.17) is 9.47 Å². The van der Waals surface area contributed by atoms with Crippen LogP contribution in [0.5, 0.6) is 17.2 Å². The van der Waals surface area contributed by atoms with Gasteiger partial charge in [-0.2, -0.15) is 0 Å². The van der Waals surface area contributed by atoms with Crippen LogP contribution in [0.1, 0.15) is 96.5 Å². The molecule has 1 aromatic rings. The zero-order valence-electron chi connectivity index (χ0n) is 21.5. The number of ether oxygens (including phenoxy) is 2. The molecule has 0 fully saturated rings. The Bertz CT molecular complexity index is 595. The van der Waals surface area contributed by atoms with E-state index < -0.39 is 0 Å². The molecule has 0 aromatic heterocycles. The summed E-state index contributed by atoms with van der Waals surface area (Å²) in [7, 11) is 0. The number of aromatic hydroxyl groups is 1. The second-order valence-electron chi connectivity index (χ2n) is 8.94. The molecule has 1 aromatic carbocycles. The van der Waals surface area contributed by atoms with Gasteiger partial charge in [0.25, 0.3) is 0 Å². The molecule has 0 unspecified atom stereocenters. The molecule has 0 aliphatic heterocycles. The number of nitrogens with zero attached hydrogens (tertiary/aromatic N) is 1. The Balaban J connectivity index is 2.75. The molecule has 0 bridgehead atoms. The molecule has 0 radical (unpaired) electrons. The minimum atomic E-state index is 0.120. The highest BCUT2D eigenvalue weighted by Crippen LogP contribution is 2.38. The summed E-state index contributed by atoms with van der Waals surface area (Å²) in [4.78, 5) is 2.24. The van der Waals surface area contributed by atoms with Crippen molar-refractivity contribution in [2.24, 2.45) is 0 Å². The molecule has 4 heteroatoms. The Morgan fingerprint density at radius 2 is 1.15 bits per heavy atom. The highest BCUT2D eigenvalue weighted by atomic mass is 16.5. The second-order valence-corrected chi connectivity index (χ2v) is 8.94. The van der Waals surface area contributed by atoms with Crippen LogP contribution < -0.4 is 9.47 Å². The maximum Gasteiger partial charge on any atom is 0.200 e. The molecule has 0 heterocycles. The number of hydrogen-bond acceptors (Lipinski definition) is 4. The molecular formula is C29H49NO3. The molecular weight excluding hydrogens is 410 g/mol. The fraction of sp³-hybridized carbons (Fsp3) is 0.655. The summed E-state index contributed by atoms with van der Waals surface area (Å²) < 4.78 is 12.0. The molecule has 0 saturated heterocycles. The Kier molecular flexibility index (Phi) is 17.2. The van der Waals surface area contributed by atoms with E-state index in [-0.39, 0.29) is 5.75 Å². The van der Waals surface area contributed by atoms with Crippen molar-refractivity contribution in [1.29, 1.82) is 0 Å². The Hall–Kier alpha value is -1.94. The Labute approximate surface area is 203 Å². The summed E-state index contributed by atoms with van der Waals surface area (Å²) in [6.45, 7) is 15.7. The van der Waals surface area contributed by atoms with Crippen LogP contribution in [-0.2, 0) is 6.54 Å². The van der Waals surface area contributed by atoms with Gasteiger partial charge in [-0.25, -0.2) is 0 Å². The summed E-state index contributed by atoms with van der Waals surface area (Å²) in [5.41, 5.74) is 1.06. The molecule has 0 spiro atoms. The molecule has 1 rings (SSSR count). The van der Waals surface area contributed by atoms with Gasteiger partial charge in [-0.1, -0.05) is 90.2 Å². The third-order valence-corrected chi connectivity index (χ3v) is 5.79. The first-order chi connectivity index (χ1) is 16.2. The summed E-state index contributed by atoms with van der Waals surface area (Å²) >= 11 is 0. The highest BCUT2D eigenvalue weighted by Gasteiger charge is 2.14. The Morgan fingerprint density at radius 1 is 0.727 bits per heavy atom. The van der Waals surface area contributed by atoms with E-state index in [9.17, 15) is 5.11 Å². The first-order valence-electron chi connectivity index (χ1n) is 13.2.